The summed E-state index contributed by atoms with van der Waals surface area (Å²) in [5.74, 6) is 0. The summed E-state index contributed by atoms with van der Waals surface area (Å²) < 4.78 is 33.9. The van der Waals surface area contributed by atoms with E-state index in [1.807, 2.05) is 0 Å². The van der Waals surface area contributed by atoms with Gasteiger partial charge in [-0.1, -0.05) is 103 Å². The van der Waals surface area contributed by atoms with Gasteiger partial charge >= 0.3 is 8.80 Å². The van der Waals surface area contributed by atoms with E-state index in [4.69, 9.17) is 27.5 Å². The molecule has 0 amide bonds. The maximum Gasteiger partial charge on any atom is 0.501 e. The van der Waals surface area contributed by atoms with Crippen LogP contribution in [0.1, 0.15) is 110 Å². The maximum absolute atomic E-state index is 6.15. The number of hydrogen-bond acceptors (Lipinski definition) is 6. The van der Waals surface area contributed by atoms with Crippen molar-refractivity contribution in [2.45, 2.75) is 116 Å². The smallest absolute Gasteiger partial charge is 0.382 e. The molecule has 0 aromatic heterocycles. The van der Waals surface area contributed by atoms with Gasteiger partial charge in [-0.05, 0) is 6.42 Å². The normalized spacial score (nSPS) is 12.0. The molecule has 0 aliphatic rings. The van der Waals surface area contributed by atoms with Gasteiger partial charge in [-0.25, -0.2) is 0 Å². The molecule has 0 aliphatic heterocycles. The fraction of sp³-hybridized carbons (Fsp3) is 1.00. The second kappa shape index (κ2) is 27.6. The Balaban J connectivity index is 3.93. The zero-order valence-corrected chi connectivity index (χ0v) is 24.2. The highest BCUT2D eigenvalue weighted by molar-refractivity contribution is 6.60. The Bertz CT molecular complexity index is 360. The van der Waals surface area contributed by atoms with E-state index < -0.39 is 8.80 Å². The van der Waals surface area contributed by atoms with E-state index >= 15 is 0 Å². The van der Waals surface area contributed by atoms with Crippen LogP contribution >= 0.6 is 0 Å². The molecule has 0 aliphatic carbocycles. The second-order valence-electron chi connectivity index (χ2n) is 9.26. The van der Waals surface area contributed by atoms with Crippen LogP contribution in [0.5, 0.6) is 0 Å². The topological polar surface area (TPSA) is 55.4 Å². The molecule has 0 saturated heterocycles. The van der Waals surface area contributed by atoms with Crippen LogP contribution in [-0.2, 0) is 27.5 Å². The molecule has 0 saturated carbocycles. The van der Waals surface area contributed by atoms with Crippen LogP contribution in [0, 0.1) is 0 Å². The minimum atomic E-state index is -2.75. The van der Waals surface area contributed by atoms with Gasteiger partial charge in [0.1, 0.15) is 0 Å². The summed E-state index contributed by atoms with van der Waals surface area (Å²) in [6.07, 6.45) is 21.8. The largest absolute Gasteiger partial charge is 0.501 e. The van der Waals surface area contributed by atoms with E-state index in [1.165, 1.54) is 96.3 Å². The molecule has 206 valence electrons. The molecule has 0 fully saturated rings. The molecule has 0 atom stereocenters. The first-order valence-electron chi connectivity index (χ1n) is 14.1. The standard InChI is InChI=1S/C27H58O6Si/c1-5-6-7-8-9-10-11-12-13-14-15-16-17-18-19-20-27-34(31-24-21-28-2,32-25-22-29-3)33-26-23-30-4/h5-27H2,1-4H3. The summed E-state index contributed by atoms with van der Waals surface area (Å²) in [7, 11) is 2.29. The van der Waals surface area contributed by atoms with E-state index in [9.17, 15) is 0 Å². The number of ether oxygens (including phenoxy) is 3. The summed E-state index contributed by atoms with van der Waals surface area (Å²) in [5.41, 5.74) is 0. The summed E-state index contributed by atoms with van der Waals surface area (Å²) in [6, 6.07) is 0.836. The maximum atomic E-state index is 6.15. The molecule has 0 bridgehead atoms. The van der Waals surface area contributed by atoms with Gasteiger partial charge in [-0.15, -0.1) is 0 Å². The molecule has 0 aromatic rings. The lowest BCUT2D eigenvalue weighted by Crippen LogP contribution is -2.48. The first kappa shape index (κ1) is 34.0. The van der Waals surface area contributed by atoms with Crippen molar-refractivity contribution in [1.82, 2.24) is 0 Å². The Morgan fingerprint density at radius 1 is 0.382 bits per heavy atom. The lowest BCUT2D eigenvalue weighted by Gasteiger charge is -2.29. The summed E-state index contributed by atoms with van der Waals surface area (Å²) >= 11 is 0. The zero-order chi connectivity index (χ0) is 25.0. The molecule has 0 rings (SSSR count). The van der Waals surface area contributed by atoms with Gasteiger partial charge < -0.3 is 27.5 Å². The molecular formula is C27H58O6Si. The molecular weight excluding hydrogens is 448 g/mol. The average molecular weight is 507 g/mol. The zero-order valence-electron chi connectivity index (χ0n) is 23.2. The van der Waals surface area contributed by atoms with Crippen molar-refractivity contribution in [2.75, 3.05) is 61.0 Å². The molecule has 0 radical (unpaired) electrons. The SMILES string of the molecule is CCCCCCCCCCCCCCCCCC[Si](OCCOC)(OCCOC)OCCOC. The van der Waals surface area contributed by atoms with Crippen LogP contribution in [0.3, 0.4) is 0 Å². The predicted octanol–water partition coefficient (Wildman–Crippen LogP) is 7.18. The van der Waals surface area contributed by atoms with Crippen molar-refractivity contribution < 1.29 is 27.5 Å². The first-order valence-corrected chi connectivity index (χ1v) is 16.1. The van der Waals surface area contributed by atoms with Crippen LogP contribution in [0.15, 0.2) is 0 Å². The Morgan fingerprint density at radius 2 is 0.676 bits per heavy atom. The van der Waals surface area contributed by atoms with Gasteiger partial charge in [-0.2, -0.15) is 0 Å². The van der Waals surface area contributed by atoms with E-state index in [0.717, 1.165) is 12.5 Å². The van der Waals surface area contributed by atoms with Gasteiger partial charge in [-0.3, -0.25) is 0 Å². The highest BCUT2D eigenvalue weighted by Gasteiger charge is 2.40. The van der Waals surface area contributed by atoms with Gasteiger partial charge in [0.2, 0.25) is 0 Å². The van der Waals surface area contributed by atoms with Crippen LogP contribution in [0.4, 0.5) is 0 Å². The molecule has 0 aromatic carbocycles. The average Bonchev–Trinajstić information content (AvgIpc) is 2.84. The van der Waals surface area contributed by atoms with Crippen molar-refractivity contribution in [2.24, 2.45) is 0 Å². The van der Waals surface area contributed by atoms with Crippen molar-refractivity contribution in [1.29, 1.82) is 0 Å². The van der Waals surface area contributed by atoms with Crippen LogP contribution in [-0.4, -0.2) is 69.8 Å². The highest BCUT2D eigenvalue weighted by Crippen LogP contribution is 2.21. The molecule has 34 heavy (non-hydrogen) atoms. The Kier molecular flexibility index (Phi) is 27.5. The number of hydrogen-bond donors (Lipinski definition) is 0. The highest BCUT2D eigenvalue weighted by atomic mass is 28.4. The third kappa shape index (κ3) is 22.4. The van der Waals surface area contributed by atoms with Gasteiger partial charge in [0.05, 0.1) is 39.6 Å². The molecule has 0 unspecified atom stereocenters. The lowest BCUT2D eigenvalue weighted by molar-refractivity contribution is 0.0142. The fourth-order valence-corrected chi connectivity index (χ4v) is 6.62. The molecule has 0 N–H and O–H groups in total. The quantitative estimate of drug-likeness (QED) is 0.0791. The van der Waals surface area contributed by atoms with E-state index in [-0.39, 0.29) is 0 Å². The van der Waals surface area contributed by atoms with Gasteiger partial charge in [0.15, 0.2) is 0 Å². The number of unbranched alkanes of at least 4 members (excludes halogenated alkanes) is 15. The van der Waals surface area contributed by atoms with Crippen molar-refractivity contribution in [3.8, 4) is 0 Å². The van der Waals surface area contributed by atoms with Gasteiger partial charge in [0, 0.05) is 27.4 Å². The third-order valence-corrected chi connectivity index (χ3v) is 9.06. The van der Waals surface area contributed by atoms with Crippen LogP contribution in [0.25, 0.3) is 0 Å². The molecule has 0 heterocycles. The van der Waals surface area contributed by atoms with E-state index in [0.29, 0.717) is 39.6 Å². The first-order chi connectivity index (χ1) is 16.7. The van der Waals surface area contributed by atoms with Crippen molar-refractivity contribution in [3.63, 3.8) is 0 Å². The predicted molar refractivity (Wildman–Crippen MR) is 144 cm³/mol. The number of methoxy groups -OCH3 is 3. The minimum absolute atomic E-state index is 0.488. The van der Waals surface area contributed by atoms with Crippen LogP contribution in [0.2, 0.25) is 6.04 Å². The Hall–Kier alpha value is -0.0231. The molecule has 6 nitrogen and oxygen atoms in total. The summed E-state index contributed by atoms with van der Waals surface area (Å²) in [4.78, 5) is 0. The van der Waals surface area contributed by atoms with Crippen LogP contribution < -0.4 is 0 Å². The minimum Gasteiger partial charge on any atom is -0.382 e. The van der Waals surface area contributed by atoms with E-state index in [1.54, 1.807) is 21.3 Å². The van der Waals surface area contributed by atoms with Crippen molar-refractivity contribution >= 4 is 8.80 Å². The second-order valence-corrected chi connectivity index (χ2v) is 12.0. The van der Waals surface area contributed by atoms with Gasteiger partial charge in [0.25, 0.3) is 0 Å². The van der Waals surface area contributed by atoms with Crippen molar-refractivity contribution in [3.05, 3.63) is 0 Å². The fourth-order valence-electron chi connectivity index (χ4n) is 4.07. The van der Waals surface area contributed by atoms with E-state index in [2.05, 4.69) is 6.92 Å². The molecule has 7 heteroatoms. The molecule has 0 spiro atoms. The summed E-state index contributed by atoms with van der Waals surface area (Å²) in [5, 5.41) is 0. The lowest BCUT2D eigenvalue weighted by atomic mass is 10.0. The third-order valence-electron chi connectivity index (χ3n) is 6.16. The summed E-state index contributed by atoms with van der Waals surface area (Å²) in [6.45, 7) is 5.36. The Morgan fingerprint density at radius 3 is 0.971 bits per heavy atom. The number of rotatable bonds is 29. The Labute approximate surface area is 213 Å². The monoisotopic (exact) mass is 506 g/mol.